The molecule has 0 bridgehead atoms. The van der Waals surface area contributed by atoms with Crippen molar-refractivity contribution >= 4 is 17.8 Å². The van der Waals surface area contributed by atoms with Crippen molar-refractivity contribution < 1.29 is 23.9 Å². The Balaban J connectivity index is 2.87. The number of hydrogen-bond acceptors (Lipinski definition) is 5. The molecular formula is C23H41NO5. The normalized spacial score (nSPS) is 17.9. The van der Waals surface area contributed by atoms with E-state index in [9.17, 15) is 14.4 Å². The summed E-state index contributed by atoms with van der Waals surface area (Å²) in [5.74, 6) is -0.853. The van der Waals surface area contributed by atoms with Crippen molar-refractivity contribution in [1.29, 1.82) is 0 Å². The molecule has 0 unspecified atom stereocenters. The maximum Gasteiger partial charge on any atom is 0.307 e. The number of carbonyl (C=O) groups is 3. The highest BCUT2D eigenvalue weighted by molar-refractivity contribution is 5.84. The zero-order valence-corrected chi connectivity index (χ0v) is 19.4. The van der Waals surface area contributed by atoms with Crippen molar-refractivity contribution in [2.45, 2.75) is 105 Å². The van der Waals surface area contributed by atoms with Crippen LogP contribution < -0.4 is 5.32 Å². The molecule has 1 amide bonds. The van der Waals surface area contributed by atoms with Gasteiger partial charge in [-0.15, -0.1) is 0 Å². The van der Waals surface area contributed by atoms with Crippen LogP contribution in [0, 0.1) is 17.3 Å². The van der Waals surface area contributed by atoms with Gasteiger partial charge in [-0.05, 0) is 38.5 Å². The molecule has 1 fully saturated rings. The Hall–Kier alpha value is -1.59. The predicted octanol–water partition coefficient (Wildman–Crippen LogP) is 4.40. The number of nitrogens with one attached hydrogen (secondary N) is 1. The van der Waals surface area contributed by atoms with Crippen molar-refractivity contribution in [3.05, 3.63) is 0 Å². The molecule has 168 valence electrons. The summed E-state index contributed by atoms with van der Waals surface area (Å²) in [6.07, 6.45) is 6.58. The number of rotatable bonds is 8. The fraction of sp³-hybridized carbons (Fsp3) is 0.870. The standard InChI is InChI=1S/C23H41NO5/c1-16(25)28-15-19(22(2,3)4)24-21(27)18(13-17-11-9-8-10-12-17)14-20(26)29-23(5,6)7/h17-19H,8-15H2,1-7H3,(H,24,27)/t18-,19-/m1/s1. The Morgan fingerprint density at radius 3 is 2.07 bits per heavy atom. The molecule has 6 nitrogen and oxygen atoms in total. The Morgan fingerprint density at radius 2 is 1.59 bits per heavy atom. The maximum absolute atomic E-state index is 13.2. The second-order valence-corrected chi connectivity index (χ2v) is 10.5. The molecule has 6 heteroatoms. The molecule has 1 aliphatic carbocycles. The molecule has 29 heavy (non-hydrogen) atoms. The van der Waals surface area contributed by atoms with E-state index in [1.807, 2.05) is 41.5 Å². The van der Waals surface area contributed by atoms with Crippen molar-refractivity contribution in [3.8, 4) is 0 Å². The summed E-state index contributed by atoms with van der Waals surface area (Å²) in [6.45, 7) is 12.9. The Labute approximate surface area is 176 Å². The average molecular weight is 412 g/mol. The number of carbonyl (C=O) groups excluding carboxylic acids is 3. The monoisotopic (exact) mass is 411 g/mol. The molecule has 0 aromatic heterocycles. The van der Waals surface area contributed by atoms with Gasteiger partial charge in [0.1, 0.15) is 12.2 Å². The molecule has 0 saturated heterocycles. The van der Waals surface area contributed by atoms with E-state index in [-0.39, 0.29) is 42.3 Å². The Bertz CT molecular complexity index is 553. The van der Waals surface area contributed by atoms with Gasteiger partial charge < -0.3 is 14.8 Å². The Kier molecular flexibility index (Phi) is 9.63. The van der Waals surface area contributed by atoms with Crippen LogP contribution >= 0.6 is 0 Å². The van der Waals surface area contributed by atoms with E-state index in [0.717, 1.165) is 12.8 Å². The zero-order chi connectivity index (χ0) is 22.2. The van der Waals surface area contributed by atoms with E-state index in [1.165, 1.54) is 26.2 Å². The molecule has 0 spiro atoms. The maximum atomic E-state index is 13.2. The summed E-state index contributed by atoms with van der Waals surface area (Å²) in [4.78, 5) is 36.8. The number of ether oxygens (including phenoxy) is 2. The van der Waals surface area contributed by atoms with Crippen LogP contribution in [0.25, 0.3) is 0 Å². The van der Waals surface area contributed by atoms with Gasteiger partial charge in [-0.25, -0.2) is 0 Å². The van der Waals surface area contributed by atoms with E-state index in [2.05, 4.69) is 5.32 Å². The quantitative estimate of drug-likeness (QED) is 0.599. The lowest BCUT2D eigenvalue weighted by Gasteiger charge is -2.33. The van der Waals surface area contributed by atoms with Crippen LogP contribution in [-0.2, 0) is 23.9 Å². The molecule has 1 saturated carbocycles. The summed E-state index contributed by atoms with van der Waals surface area (Å²) in [5.41, 5.74) is -0.862. The van der Waals surface area contributed by atoms with Gasteiger partial charge >= 0.3 is 11.9 Å². The summed E-state index contributed by atoms with van der Waals surface area (Å²) in [7, 11) is 0. The van der Waals surface area contributed by atoms with E-state index in [0.29, 0.717) is 12.3 Å². The summed E-state index contributed by atoms with van der Waals surface area (Å²) >= 11 is 0. The summed E-state index contributed by atoms with van der Waals surface area (Å²) in [6, 6.07) is -0.327. The van der Waals surface area contributed by atoms with Crippen LogP contribution in [0.4, 0.5) is 0 Å². The topological polar surface area (TPSA) is 81.7 Å². The zero-order valence-electron chi connectivity index (χ0n) is 19.4. The molecular weight excluding hydrogens is 370 g/mol. The van der Waals surface area contributed by atoms with Gasteiger partial charge in [0, 0.05) is 12.8 Å². The van der Waals surface area contributed by atoms with Crippen LogP contribution in [0.15, 0.2) is 0 Å². The minimum absolute atomic E-state index is 0.0734. The highest BCUT2D eigenvalue weighted by Gasteiger charge is 2.33. The third-order valence-corrected chi connectivity index (χ3v) is 5.36. The minimum atomic E-state index is -0.577. The minimum Gasteiger partial charge on any atom is -0.464 e. The van der Waals surface area contributed by atoms with Gasteiger partial charge in [-0.3, -0.25) is 14.4 Å². The molecule has 0 aliphatic heterocycles. The number of esters is 2. The Morgan fingerprint density at radius 1 is 1.00 bits per heavy atom. The van der Waals surface area contributed by atoms with E-state index in [1.54, 1.807) is 0 Å². The van der Waals surface area contributed by atoms with Gasteiger partial charge in [0.2, 0.25) is 5.91 Å². The molecule has 0 aromatic rings. The number of amides is 1. The fourth-order valence-corrected chi connectivity index (χ4v) is 3.69. The lowest BCUT2D eigenvalue weighted by molar-refractivity contribution is -0.157. The second-order valence-electron chi connectivity index (χ2n) is 10.5. The molecule has 0 heterocycles. The van der Waals surface area contributed by atoms with E-state index < -0.39 is 11.5 Å². The molecule has 1 N–H and O–H groups in total. The highest BCUT2D eigenvalue weighted by Crippen LogP contribution is 2.31. The van der Waals surface area contributed by atoms with Crippen molar-refractivity contribution in [2.24, 2.45) is 17.3 Å². The first kappa shape index (κ1) is 25.4. The fourth-order valence-electron chi connectivity index (χ4n) is 3.69. The first-order valence-electron chi connectivity index (χ1n) is 10.9. The number of hydrogen-bond donors (Lipinski definition) is 1. The van der Waals surface area contributed by atoms with Crippen molar-refractivity contribution in [2.75, 3.05) is 6.61 Å². The highest BCUT2D eigenvalue weighted by atomic mass is 16.6. The van der Waals surface area contributed by atoms with Gasteiger partial charge in [-0.2, -0.15) is 0 Å². The van der Waals surface area contributed by atoms with Gasteiger partial charge in [0.15, 0.2) is 0 Å². The first-order chi connectivity index (χ1) is 13.3. The summed E-state index contributed by atoms with van der Waals surface area (Å²) < 4.78 is 10.6. The molecule has 1 rings (SSSR count). The first-order valence-corrected chi connectivity index (χ1v) is 10.9. The predicted molar refractivity (Wildman–Crippen MR) is 113 cm³/mol. The smallest absolute Gasteiger partial charge is 0.307 e. The lowest BCUT2D eigenvalue weighted by Crippen LogP contribution is -2.49. The average Bonchev–Trinajstić information content (AvgIpc) is 2.55. The largest absolute Gasteiger partial charge is 0.464 e. The van der Waals surface area contributed by atoms with Gasteiger partial charge in [0.05, 0.1) is 12.5 Å². The van der Waals surface area contributed by atoms with Crippen LogP contribution in [0.3, 0.4) is 0 Å². The second kappa shape index (κ2) is 11.0. The van der Waals surface area contributed by atoms with Crippen LogP contribution in [0.2, 0.25) is 0 Å². The van der Waals surface area contributed by atoms with E-state index in [4.69, 9.17) is 9.47 Å². The van der Waals surface area contributed by atoms with Crippen LogP contribution in [0.5, 0.6) is 0 Å². The van der Waals surface area contributed by atoms with Crippen LogP contribution in [0.1, 0.15) is 93.4 Å². The van der Waals surface area contributed by atoms with Gasteiger partial charge in [-0.1, -0.05) is 52.9 Å². The van der Waals surface area contributed by atoms with Crippen molar-refractivity contribution in [1.82, 2.24) is 5.32 Å². The van der Waals surface area contributed by atoms with Crippen molar-refractivity contribution in [3.63, 3.8) is 0 Å². The molecule has 2 atom stereocenters. The van der Waals surface area contributed by atoms with E-state index >= 15 is 0 Å². The molecule has 1 aliphatic rings. The third-order valence-electron chi connectivity index (χ3n) is 5.36. The van der Waals surface area contributed by atoms with Gasteiger partial charge in [0.25, 0.3) is 0 Å². The molecule has 0 radical (unpaired) electrons. The van der Waals surface area contributed by atoms with Crippen LogP contribution in [-0.4, -0.2) is 36.1 Å². The lowest BCUT2D eigenvalue weighted by atomic mass is 9.81. The summed E-state index contributed by atoms with van der Waals surface area (Å²) in [5, 5.41) is 3.05. The molecule has 0 aromatic carbocycles. The third kappa shape index (κ3) is 10.7. The SMILES string of the molecule is CC(=O)OC[C@@H](NC(=O)[C@@H](CC(=O)OC(C)(C)C)CC1CCCCC1)C(C)(C)C.